The minimum atomic E-state index is 0.243. The number of nitrogens with zero attached hydrogens (tertiary/aromatic N) is 1. The van der Waals surface area contributed by atoms with Gasteiger partial charge in [-0.25, -0.2) is 0 Å². The third-order valence-electron chi connectivity index (χ3n) is 4.49. The Hall–Kier alpha value is -2.13. The molecule has 0 aromatic carbocycles. The van der Waals surface area contributed by atoms with Crippen molar-refractivity contribution in [3.05, 3.63) is 72.9 Å². The lowest BCUT2D eigenvalue weighted by Crippen LogP contribution is -2.40. The molecule has 0 N–H and O–H groups in total. The van der Waals surface area contributed by atoms with Gasteiger partial charge >= 0.3 is 0 Å². The van der Waals surface area contributed by atoms with E-state index in [1.807, 2.05) is 4.90 Å². The van der Waals surface area contributed by atoms with Crippen LogP contribution in [-0.2, 0) is 9.53 Å². The van der Waals surface area contributed by atoms with Gasteiger partial charge in [0.1, 0.15) is 0 Å². The second-order valence-electron chi connectivity index (χ2n) is 6.95. The summed E-state index contributed by atoms with van der Waals surface area (Å²) in [5.41, 5.74) is 0. The van der Waals surface area contributed by atoms with Gasteiger partial charge in [-0.05, 0) is 44.9 Å². The normalized spacial score (nSPS) is 16.1. The summed E-state index contributed by atoms with van der Waals surface area (Å²) in [4.78, 5) is 13.9. The number of amides is 1. The SMILES string of the molecule is CCC=CCC=CCC=CCC=CCC=CCC=CCCC(=O)N1CCOCC1. The standard InChI is InChI=1S/C26H39NO2/c1-2-3-4-5-6-7-8-9-10-11-12-13-14-15-16-17-18-19-20-21-26(28)27-22-24-29-25-23-27/h3-4,6-7,9-10,12-13,15-16,18-19H,2,5,8,11,14,17,20-25H2,1H3. The predicted molar refractivity (Wildman–Crippen MR) is 125 cm³/mol. The number of ether oxygens (including phenoxy) is 1. The third kappa shape index (κ3) is 15.5. The van der Waals surface area contributed by atoms with Gasteiger partial charge in [-0.3, -0.25) is 4.79 Å². The van der Waals surface area contributed by atoms with Gasteiger partial charge in [-0.2, -0.15) is 0 Å². The largest absolute Gasteiger partial charge is 0.378 e. The first kappa shape index (κ1) is 24.9. The van der Waals surface area contributed by atoms with Crippen LogP contribution in [0.5, 0.6) is 0 Å². The summed E-state index contributed by atoms with van der Waals surface area (Å²) < 4.78 is 5.27. The zero-order valence-electron chi connectivity index (χ0n) is 18.2. The molecule has 1 amide bonds. The van der Waals surface area contributed by atoms with E-state index in [4.69, 9.17) is 4.74 Å². The maximum Gasteiger partial charge on any atom is 0.223 e. The van der Waals surface area contributed by atoms with E-state index in [-0.39, 0.29) is 5.91 Å². The third-order valence-corrected chi connectivity index (χ3v) is 4.49. The van der Waals surface area contributed by atoms with Crippen molar-refractivity contribution in [2.45, 2.75) is 58.3 Å². The smallest absolute Gasteiger partial charge is 0.223 e. The van der Waals surface area contributed by atoms with Crippen LogP contribution in [0.1, 0.15) is 58.3 Å². The Bertz CT molecular complexity index is 576. The van der Waals surface area contributed by atoms with Crippen molar-refractivity contribution in [3.63, 3.8) is 0 Å². The number of hydrogen-bond donors (Lipinski definition) is 0. The van der Waals surface area contributed by atoms with E-state index in [2.05, 4.69) is 79.8 Å². The number of carbonyl (C=O) groups is 1. The van der Waals surface area contributed by atoms with Crippen molar-refractivity contribution in [2.24, 2.45) is 0 Å². The Labute approximate surface area is 178 Å². The topological polar surface area (TPSA) is 29.5 Å². The molecule has 1 heterocycles. The summed E-state index contributed by atoms with van der Waals surface area (Å²) >= 11 is 0. The molecule has 1 rings (SSSR count). The maximum atomic E-state index is 12.0. The van der Waals surface area contributed by atoms with Crippen molar-refractivity contribution >= 4 is 5.91 Å². The molecule has 0 radical (unpaired) electrons. The van der Waals surface area contributed by atoms with Crippen molar-refractivity contribution in [3.8, 4) is 0 Å². The molecular formula is C26H39NO2. The molecule has 0 bridgehead atoms. The molecular weight excluding hydrogens is 358 g/mol. The van der Waals surface area contributed by atoms with Crippen molar-refractivity contribution < 1.29 is 9.53 Å². The van der Waals surface area contributed by atoms with Gasteiger partial charge in [0, 0.05) is 19.5 Å². The van der Waals surface area contributed by atoms with Crippen molar-refractivity contribution in [1.82, 2.24) is 4.90 Å². The first-order valence-corrected chi connectivity index (χ1v) is 11.1. The second kappa shape index (κ2) is 19.2. The first-order chi connectivity index (χ1) is 14.3. The maximum absolute atomic E-state index is 12.0. The summed E-state index contributed by atoms with van der Waals surface area (Å²) in [7, 11) is 0. The Kier molecular flexibility index (Phi) is 16.5. The Balaban J connectivity index is 1.96. The van der Waals surface area contributed by atoms with Gasteiger partial charge in [0.05, 0.1) is 13.2 Å². The Morgan fingerprint density at radius 1 is 0.690 bits per heavy atom. The molecule has 3 nitrogen and oxygen atoms in total. The summed E-state index contributed by atoms with van der Waals surface area (Å²) in [5.74, 6) is 0.243. The molecule has 0 spiro atoms. The number of hydrogen-bond acceptors (Lipinski definition) is 2. The van der Waals surface area contributed by atoms with E-state index in [9.17, 15) is 4.79 Å². The summed E-state index contributed by atoms with van der Waals surface area (Å²) in [6.45, 7) is 4.98. The highest BCUT2D eigenvalue weighted by Gasteiger charge is 2.15. The molecule has 1 aliphatic heterocycles. The summed E-state index contributed by atoms with van der Waals surface area (Å²) in [5, 5.41) is 0. The molecule has 1 saturated heterocycles. The van der Waals surface area contributed by atoms with E-state index < -0.39 is 0 Å². The van der Waals surface area contributed by atoms with E-state index in [0.29, 0.717) is 19.6 Å². The van der Waals surface area contributed by atoms with Gasteiger partial charge in [0.25, 0.3) is 0 Å². The van der Waals surface area contributed by atoms with E-state index in [0.717, 1.165) is 58.0 Å². The highest BCUT2D eigenvalue weighted by Crippen LogP contribution is 2.03. The molecule has 0 saturated carbocycles. The van der Waals surface area contributed by atoms with Gasteiger partial charge in [-0.1, -0.05) is 79.8 Å². The molecule has 1 fully saturated rings. The van der Waals surface area contributed by atoms with Crippen LogP contribution in [0.2, 0.25) is 0 Å². The molecule has 0 aromatic rings. The fourth-order valence-electron chi connectivity index (χ4n) is 2.82. The van der Waals surface area contributed by atoms with E-state index in [1.165, 1.54) is 0 Å². The minimum absolute atomic E-state index is 0.243. The lowest BCUT2D eigenvalue weighted by Gasteiger charge is -2.26. The monoisotopic (exact) mass is 397 g/mol. The molecule has 0 unspecified atom stereocenters. The zero-order valence-corrected chi connectivity index (χ0v) is 18.2. The lowest BCUT2D eigenvalue weighted by atomic mass is 10.2. The molecule has 3 heteroatoms. The summed E-state index contributed by atoms with van der Waals surface area (Å²) in [6, 6.07) is 0. The highest BCUT2D eigenvalue weighted by atomic mass is 16.5. The fourth-order valence-corrected chi connectivity index (χ4v) is 2.82. The van der Waals surface area contributed by atoms with Gasteiger partial charge in [-0.15, -0.1) is 0 Å². The van der Waals surface area contributed by atoms with Crippen LogP contribution < -0.4 is 0 Å². The van der Waals surface area contributed by atoms with E-state index in [1.54, 1.807) is 0 Å². The zero-order chi connectivity index (χ0) is 20.8. The average Bonchev–Trinajstić information content (AvgIpc) is 2.75. The summed E-state index contributed by atoms with van der Waals surface area (Å²) in [6.07, 6.45) is 33.8. The van der Waals surface area contributed by atoms with Crippen LogP contribution in [0.3, 0.4) is 0 Å². The number of allylic oxidation sites excluding steroid dienone is 12. The van der Waals surface area contributed by atoms with Crippen LogP contribution in [0.25, 0.3) is 0 Å². The van der Waals surface area contributed by atoms with Crippen LogP contribution in [0, 0.1) is 0 Å². The lowest BCUT2D eigenvalue weighted by molar-refractivity contribution is -0.135. The molecule has 29 heavy (non-hydrogen) atoms. The first-order valence-electron chi connectivity index (χ1n) is 11.1. The Morgan fingerprint density at radius 2 is 1.10 bits per heavy atom. The van der Waals surface area contributed by atoms with Gasteiger partial charge < -0.3 is 9.64 Å². The number of carbonyl (C=O) groups excluding carboxylic acids is 1. The minimum Gasteiger partial charge on any atom is -0.378 e. The molecule has 160 valence electrons. The van der Waals surface area contributed by atoms with Gasteiger partial charge in [0.15, 0.2) is 0 Å². The highest BCUT2D eigenvalue weighted by molar-refractivity contribution is 5.76. The van der Waals surface area contributed by atoms with Crippen LogP contribution in [-0.4, -0.2) is 37.1 Å². The molecule has 0 atom stereocenters. The average molecular weight is 398 g/mol. The molecule has 0 aromatic heterocycles. The van der Waals surface area contributed by atoms with Crippen molar-refractivity contribution in [1.29, 1.82) is 0 Å². The Morgan fingerprint density at radius 3 is 1.55 bits per heavy atom. The van der Waals surface area contributed by atoms with Crippen LogP contribution in [0.15, 0.2) is 72.9 Å². The van der Waals surface area contributed by atoms with Gasteiger partial charge in [0.2, 0.25) is 5.91 Å². The van der Waals surface area contributed by atoms with Crippen LogP contribution in [0.4, 0.5) is 0 Å². The predicted octanol–water partition coefficient (Wildman–Crippen LogP) is 6.32. The van der Waals surface area contributed by atoms with E-state index >= 15 is 0 Å². The second-order valence-corrected chi connectivity index (χ2v) is 6.95. The van der Waals surface area contributed by atoms with Crippen molar-refractivity contribution in [2.75, 3.05) is 26.3 Å². The quantitative estimate of drug-likeness (QED) is 0.321. The fraction of sp³-hybridized carbons (Fsp3) is 0.500. The number of morpholine rings is 1. The molecule has 1 aliphatic rings. The van der Waals surface area contributed by atoms with Crippen LogP contribution >= 0.6 is 0 Å². The number of rotatable bonds is 14. The molecule has 0 aliphatic carbocycles.